The summed E-state index contributed by atoms with van der Waals surface area (Å²) >= 11 is 0. The summed E-state index contributed by atoms with van der Waals surface area (Å²) in [5.74, 6) is 3.76. The normalized spacial score (nSPS) is 21.9. The van der Waals surface area contributed by atoms with E-state index in [1.807, 2.05) is 13.0 Å². The van der Waals surface area contributed by atoms with Gasteiger partial charge < -0.3 is 9.09 Å². The minimum Gasteiger partial charge on any atom is -0.361 e. The SMILES string of the molecule is Cc1cc(CN2CC[C@@H](N(C)Cc3nnc(C4CC4)n3C)C2)no1. The Morgan fingerprint density at radius 2 is 2.12 bits per heavy atom. The molecule has 0 radical (unpaired) electrons. The molecule has 0 bridgehead atoms. The maximum absolute atomic E-state index is 5.16. The molecule has 0 spiro atoms. The summed E-state index contributed by atoms with van der Waals surface area (Å²) in [5, 5.41) is 12.9. The summed E-state index contributed by atoms with van der Waals surface area (Å²) in [6.45, 7) is 5.84. The van der Waals surface area contributed by atoms with Crippen molar-refractivity contribution in [3.8, 4) is 0 Å². The highest BCUT2D eigenvalue weighted by Crippen LogP contribution is 2.38. The first kappa shape index (κ1) is 15.8. The highest BCUT2D eigenvalue weighted by atomic mass is 16.5. The molecular weight excluding hydrogens is 304 g/mol. The molecule has 3 heterocycles. The van der Waals surface area contributed by atoms with Crippen molar-refractivity contribution in [1.29, 1.82) is 0 Å². The fraction of sp³-hybridized carbons (Fsp3) is 0.706. The molecule has 24 heavy (non-hydrogen) atoms. The topological polar surface area (TPSA) is 63.2 Å². The van der Waals surface area contributed by atoms with Crippen molar-refractivity contribution >= 4 is 0 Å². The molecule has 0 amide bonds. The van der Waals surface area contributed by atoms with Crippen LogP contribution in [0.3, 0.4) is 0 Å². The lowest BCUT2D eigenvalue weighted by Crippen LogP contribution is -2.34. The van der Waals surface area contributed by atoms with Gasteiger partial charge in [-0.15, -0.1) is 10.2 Å². The predicted molar refractivity (Wildman–Crippen MR) is 89.4 cm³/mol. The fourth-order valence-corrected chi connectivity index (χ4v) is 3.60. The Morgan fingerprint density at radius 1 is 1.29 bits per heavy atom. The van der Waals surface area contributed by atoms with E-state index in [4.69, 9.17) is 4.52 Å². The van der Waals surface area contributed by atoms with Crippen molar-refractivity contribution < 1.29 is 4.52 Å². The van der Waals surface area contributed by atoms with Gasteiger partial charge in [0, 0.05) is 44.7 Å². The van der Waals surface area contributed by atoms with E-state index in [0.29, 0.717) is 12.0 Å². The summed E-state index contributed by atoms with van der Waals surface area (Å²) < 4.78 is 7.36. The van der Waals surface area contributed by atoms with E-state index in [2.05, 4.69) is 43.8 Å². The van der Waals surface area contributed by atoms with Crippen LogP contribution >= 0.6 is 0 Å². The zero-order chi connectivity index (χ0) is 16.7. The van der Waals surface area contributed by atoms with Crippen LogP contribution in [0.15, 0.2) is 10.6 Å². The summed E-state index contributed by atoms with van der Waals surface area (Å²) in [6, 6.07) is 2.58. The van der Waals surface area contributed by atoms with E-state index in [1.165, 1.54) is 19.3 Å². The molecule has 0 N–H and O–H groups in total. The van der Waals surface area contributed by atoms with Crippen LogP contribution in [-0.4, -0.2) is 55.9 Å². The summed E-state index contributed by atoms with van der Waals surface area (Å²) in [7, 11) is 4.30. The average Bonchev–Trinajstić information content (AvgIpc) is 2.96. The minimum absolute atomic E-state index is 0.555. The lowest BCUT2D eigenvalue weighted by atomic mass is 10.2. The fourth-order valence-electron chi connectivity index (χ4n) is 3.60. The van der Waals surface area contributed by atoms with Gasteiger partial charge in [-0.25, -0.2) is 0 Å². The van der Waals surface area contributed by atoms with Crippen molar-refractivity contribution in [2.75, 3.05) is 20.1 Å². The second kappa shape index (κ2) is 6.29. The van der Waals surface area contributed by atoms with Crippen LogP contribution in [0.2, 0.25) is 0 Å². The van der Waals surface area contributed by atoms with Gasteiger partial charge in [0.15, 0.2) is 0 Å². The van der Waals surface area contributed by atoms with Gasteiger partial charge in [0.2, 0.25) is 0 Å². The molecule has 2 aliphatic rings. The molecule has 130 valence electrons. The maximum atomic E-state index is 5.16. The van der Waals surface area contributed by atoms with Crippen molar-refractivity contribution in [2.24, 2.45) is 7.05 Å². The largest absolute Gasteiger partial charge is 0.361 e. The van der Waals surface area contributed by atoms with Crippen LogP contribution in [0.1, 0.15) is 48.3 Å². The Hall–Kier alpha value is -1.73. The van der Waals surface area contributed by atoms with Crippen LogP contribution < -0.4 is 0 Å². The Morgan fingerprint density at radius 3 is 2.83 bits per heavy atom. The number of aromatic nitrogens is 4. The number of hydrogen-bond acceptors (Lipinski definition) is 6. The molecule has 1 saturated carbocycles. The van der Waals surface area contributed by atoms with E-state index in [0.717, 1.165) is 49.3 Å². The Balaban J connectivity index is 1.33. The van der Waals surface area contributed by atoms with E-state index in [-0.39, 0.29) is 0 Å². The molecule has 1 aliphatic heterocycles. The zero-order valence-corrected chi connectivity index (χ0v) is 14.8. The molecule has 1 atom stereocenters. The smallest absolute Gasteiger partial charge is 0.146 e. The number of likely N-dealkylation sites (N-methyl/N-ethyl adjacent to an activating group) is 1. The molecule has 4 rings (SSSR count). The predicted octanol–water partition coefficient (Wildman–Crippen LogP) is 1.70. The first-order chi connectivity index (χ1) is 11.6. The molecular formula is C17H26N6O. The van der Waals surface area contributed by atoms with Crippen LogP contribution in [0.25, 0.3) is 0 Å². The monoisotopic (exact) mass is 330 g/mol. The van der Waals surface area contributed by atoms with Gasteiger partial charge in [0.05, 0.1) is 12.2 Å². The second-order valence-electron chi connectivity index (χ2n) is 7.33. The molecule has 2 aromatic rings. The van der Waals surface area contributed by atoms with Gasteiger partial charge in [-0.3, -0.25) is 9.80 Å². The lowest BCUT2D eigenvalue weighted by Gasteiger charge is -2.24. The molecule has 0 aromatic carbocycles. The molecule has 1 saturated heterocycles. The molecule has 2 fully saturated rings. The highest BCUT2D eigenvalue weighted by molar-refractivity contribution is 5.08. The molecule has 7 heteroatoms. The van der Waals surface area contributed by atoms with Crippen molar-refractivity contribution in [1.82, 2.24) is 29.7 Å². The van der Waals surface area contributed by atoms with E-state index < -0.39 is 0 Å². The van der Waals surface area contributed by atoms with E-state index in [1.54, 1.807) is 0 Å². The third kappa shape index (κ3) is 3.23. The second-order valence-corrected chi connectivity index (χ2v) is 7.33. The first-order valence-corrected chi connectivity index (χ1v) is 8.83. The molecule has 0 unspecified atom stereocenters. The average molecular weight is 330 g/mol. The number of nitrogens with zero attached hydrogens (tertiary/aromatic N) is 6. The molecule has 2 aromatic heterocycles. The van der Waals surface area contributed by atoms with Gasteiger partial charge in [-0.05, 0) is 33.2 Å². The highest BCUT2D eigenvalue weighted by Gasteiger charge is 2.31. The van der Waals surface area contributed by atoms with E-state index >= 15 is 0 Å². The Labute approximate surface area is 142 Å². The van der Waals surface area contributed by atoms with Gasteiger partial charge >= 0.3 is 0 Å². The van der Waals surface area contributed by atoms with Crippen molar-refractivity contribution in [3.63, 3.8) is 0 Å². The summed E-state index contributed by atoms with van der Waals surface area (Å²) in [5.41, 5.74) is 1.03. The van der Waals surface area contributed by atoms with Gasteiger partial charge in [-0.1, -0.05) is 5.16 Å². The van der Waals surface area contributed by atoms with Gasteiger partial charge in [0.25, 0.3) is 0 Å². The van der Waals surface area contributed by atoms with Crippen molar-refractivity contribution in [3.05, 3.63) is 29.2 Å². The minimum atomic E-state index is 0.555. The van der Waals surface area contributed by atoms with Crippen LogP contribution in [-0.2, 0) is 20.1 Å². The quantitative estimate of drug-likeness (QED) is 0.803. The standard InChI is InChI=1S/C17H26N6O/c1-12-8-14(20-24-12)9-23-7-6-15(10-23)21(2)11-16-18-19-17(22(16)3)13-4-5-13/h8,13,15H,4-7,9-11H2,1-3H3/t15-/m1/s1. The van der Waals surface area contributed by atoms with E-state index in [9.17, 15) is 0 Å². The maximum Gasteiger partial charge on any atom is 0.146 e. The lowest BCUT2D eigenvalue weighted by molar-refractivity contribution is 0.215. The first-order valence-electron chi connectivity index (χ1n) is 8.83. The van der Waals surface area contributed by atoms with Crippen molar-refractivity contribution in [2.45, 2.75) is 51.2 Å². The third-order valence-corrected chi connectivity index (χ3v) is 5.27. The molecule has 1 aliphatic carbocycles. The van der Waals surface area contributed by atoms with Crippen LogP contribution in [0, 0.1) is 6.92 Å². The summed E-state index contributed by atoms with van der Waals surface area (Å²) in [6.07, 6.45) is 3.71. The number of hydrogen-bond donors (Lipinski definition) is 0. The molecule has 7 nitrogen and oxygen atoms in total. The number of aryl methyl sites for hydroxylation is 1. The Bertz CT molecular complexity index is 704. The van der Waals surface area contributed by atoms with Gasteiger partial charge in [0.1, 0.15) is 17.4 Å². The van der Waals surface area contributed by atoms with Gasteiger partial charge in [-0.2, -0.15) is 0 Å². The third-order valence-electron chi connectivity index (χ3n) is 5.27. The van der Waals surface area contributed by atoms with Crippen LogP contribution in [0.4, 0.5) is 0 Å². The van der Waals surface area contributed by atoms with Crippen LogP contribution in [0.5, 0.6) is 0 Å². The Kier molecular flexibility index (Phi) is 4.14. The zero-order valence-electron chi connectivity index (χ0n) is 14.8. The summed E-state index contributed by atoms with van der Waals surface area (Å²) in [4.78, 5) is 4.86. The number of rotatable bonds is 6. The number of likely N-dealkylation sites (tertiary alicyclic amines) is 1.